The standard InChI is InChI=1S/C20H18N2S2/c1-20(2,3)16-8-7-13-14(17(16)19-22-10-12-24-19)5-4-6-15(13)18-21-9-11-23-18/h4-12H,1-3H3. The van der Waals surface area contributed by atoms with E-state index in [-0.39, 0.29) is 5.41 Å². The van der Waals surface area contributed by atoms with Gasteiger partial charge in [-0.25, -0.2) is 9.97 Å². The van der Waals surface area contributed by atoms with Crippen molar-refractivity contribution >= 4 is 33.4 Å². The fourth-order valence-corrected chi connectivity index (χ4v) is 4.49. The summed E-state index contributed by atoms with van der Waals surface area (Å²) in [4.78, 5) is 9.11. The van der Waals surface area contributed by atoms with E-state index in [0.717, 1.165) is 10.0 Å². The summed E-state index contributed by atoms with van der Waals surface area (Å²) in [6.45, 7) is 6.78. The van der Waals surface area contributed by atoms with Crippen LogP contribution in [-0.2, 0) is 5.41 Å². The van der Waals surface area contributed by atoms with Crippen LogP contribution in [0.5, 0.6) is 0 Å². The quantitative estimate of drug-likeness (QED) is 0.419. The summed E-state index contributed by atoms with van der Waals surface area (Å²) in [6, 6.07) is 11.0. The molecule has 0 aliphatic heterocycles. The molecule has 2 aromatic heterocycles. The third-order valence-corrected chi connectivity index (χ3v) is 5.78. The monoisotopic (exact) mass is 350 g/mol. The lowest BCUT2D eigenvalue weighted by Crippen LogP contribution is -2.13. The van der Waals surface area contributed by atoms with Crippen molar-refractivity contribution in [3.8, 4) is 21.1 Å². The molecule has 0 aliphatic rings. The summed E-state index contributed by atoms with van der Waals surface area (Å²) in [5.41, 5.74) is 3.85. The number of aromatic nitrogens is 2. The lowest BCUT2D eigenvalue weighted by Gasteiger charge is -2.24. The van der Waals surface area contributed by atoms with E-state index < -0.39 is 0 Å². The normalized spacial score (nSPS) is 12.0. The highest BCUT2D eigenvalue weighted by atomic mass is 32.1. The summed E-state index contributed by atoms with van der Waals surface area (Å²) >= 11 is 3.38. The van der Waals surface area contributed by atoms with Crippen LogP contribution >= 0.6 is 22.7 Å². The van der Waals surface area contributed by atoms with Crippen molar-refractivity contribution in [3.63, 3.8) is 0 Å². The molecule has 0 saturated carbocycles. The third-order valence-electron chi connectivity index (χ3n) is 4.18. The molecule has 2 aromatic carbocycles. The minimum atomic E-state index is 0.0619. The maximum Gasteiger partial charge on any atom is 0.124 e. The molecule has 0 radical (unpaired) electrons. The Morgan fingerprint density at radius 3 is 2.12 bits per heavy atom. The Morgan fingerprint density at radius 2 is 1.50 bits per heavy atom. The predicted octanol–water partition coefficient (Wildman–Crippen LogP) is 6.38. The Kier molecular flexibility index (Phi) is 3.74. The van der Waals surface area contributed by atoms with E-state index in [1.807, 2.05) is 23.2 Å². The molecule has 0 spiro atoms. The van der Waals surface area contributed by atoms with Gasteiger partial charge in [0.2, 0.25) is 0 Å². The van der Waals surface area contributed by atoms with Crippen molar-refractivity contribution in [2.45, 2.75) is 26.2 Å². The van der Waals surface area contributed by atoms with E-state index in [1.54, 1.807) is 22.7 Å². The van der Waals surface area contributed by atoms with E-state index in [0.29, 0.717) is 0 Å². The maximum atomic E-state index is 4.61. The Hall–Kier alpha value is -2.04. The summed E-state index contributed by atoms with van der Waals surface area (Å²) in [5.74, 6) is 0. The largest absolute Gasteiger partial charge is 0.245 e. The van der Waals surface area contributed by atoms with E-state index >= 15 is 0 Å². The topological polar surface area (TPSA) is 25.8 Å². The molecule has 4 heteroatoms. The van der Waals surface area contributed by atoms with Gasteiger partial charge < -0.3 is 0 Å². The first-order chi connectivity index (χ1) is 11.6. The summed E-state index contributed by atoms with van der Waals surface area (Å²) in [6.07, 6.45) is 3.75. The first-order valence-electron chi connectivity index (χ1n) is 7.91. The van der Waals surface area contributed by atoms with Crippen LogP contribution in [0, 0.1) is 0 Å². The van der Waals surface area contributed by atoms with Gasteiger partial charge in [-0.3, -0.25) is 0 Å². The number of benzene rings is 2. The number of nitrogens with zero attached hydrogens (tertiary/aromatic N) is 2. The molecule has 24 heavy (non-hydrogen) atoms. The van der Waals surface area contributed by atoms with Crippen LogP contribution in [0.25, 0.3) is 31.9 Å². The van der Waals surface area contributed by atoms with E-state index in [2.05, 4.69) is 61.1 Å². The Morgan fingerprint density at radius 1 is 0.792 bits per heavy atom. The Labute approximate surface area is 149 Å². The smallest absolute Gasteiger partial charge is 0.124 e. The number of thiazole rings is 2. The van der Waals surface area contributed by atoms with Gasteiger partial charge in [0.15, 0.2) is 0 Å². The summed E-state index contributed by atoms with van der Waals surface area (Å²) < 4.78 is 0. The fourth-order valence-electron chi connectivity index (χ4n) is 3.10. The molecule has 0 saturated heterocycles. The molecule has 4 rings (SSSR count). The Balaban J connectivity index is 2.10. The van der Waals surface area contributed by atoms with Crippen LogP contribution in [0.15, 0.2) is 53.5 Å². The molecule has 0 N–H and O–H groups in total. The van der Waals surface area contributed by atoms with Crippen LogP contribution in [0.3, 0.4) is 0 Å². The van der Waals surface area contributed by atoms with Gasteiger partial charge in [-0.2, -0.15) is 0 Å². The van der Waals surface area contributed by atoms with Gasteiger partial charge in [0.05, 0.1) is 0 Å². The van der Waals surface area contributed by atoms with Crippen molar-refractivity contribution in [3.05, 3.63) is 59.0 Å². The molecule has 2 heterocycles. The van der Waals surface area contributed by atoms with Crippen LogP contribution in [-0.4, -0.2) is 9.97 Å². The highest BCUT2D eigenvalue weighted by molar-refractivity contribution is 7.13. The van der Waals surface area contributed by atoms with Gasteiger partial charge in [0.25, 0.3) is 0 Å². The van der Waals surface area contributed by atoms with Crippen molar-refractivity contribution in [1.29, 1.82) is 0 Å². The van der Waals surface area contributed by atoms with Gasteiger partial charge in [-0.15, -0.1) is 22.7 Å². The molecule has 0 fully saturated rings. The van der Waals surface area contributed by atoms with Crippen LogP contribution in [0.4, 0.5) is 0 Å². The van der Waals surface area contributed by atoms with Gasteiger partial charge in [0.1, 0.15) is 10.0 Å². The van der Waals surface area contributed by atoms with Gasteiger partial charge in [-0.1, -0.05) is 51.1 Å². The number of fused-ring (bicyclic) bond motifs is 1. The second kappa shape index (κ2) is 5.80. The average molecular weight is 351 g/mol. The molecule has 0 bridgehead atoms. The maximum absolute atomic E-state index is 4.61. The number of rotatable bonds is 2. The van der Waals surface area contributed by atoms with Gasteiger partial charge >= 0.3 is 0 Å². The average Bonchev–Trinajstić information content (AvgIpc) is 3.25. The van der Waals surface area contributed by atoms with Crippen molar-refractivity contribution in [2.24, 2.45) is 0 Å². The van der Waals surface area contributed by atoms with Crippen LogP contribution < -0.4 is 0 Å². The highest BCUT2D eigenvalue weighted by Gasteiger charge is 2.23. The molecule has 4 aromatic rings. The summed E-state index contributed by atoms with van der Waals surface area (Å²) in [5, 5.41) is 8.72. The molecule has 0 amide bonds. The van der Waals surface area contributed by atoms with Crippen molar-refractivity contribution < 1.29 is 0 Å². The minimum absolute atomic E-state index is 0.0619. The van der Waals surface area contributed by atoms with Crippen LogP contribution in [0.1, 0.15) is 26.3 Å². The lowest BCUT2D eigenvalue weighted by atomic mass is 9.81. The second-order valence-corrected chi connectivity index (χ2v) is 8.60. The zero-order chi connectivity index (χ0) is 16.7. The Bertz CT molecular complexity index is 979. The predicted molar refractivity (Wildman–Crippen MR) is 105 cm³/mol. The number of hydrogen-bond donors (Lipinski definition) is 0. The number of hydrogen-bond acceptors (Lipinski definition) is 4. The molecular formula is C20H18N2S2. The van der Waals surface area contributed by atoms with E-state index in [4.69, 9.17) is 0 Å². The SMILES string of the molecule is CC(C)(C)c1ccc2c(-c3nccs3)cccc2c1-c1nccs1. The first-order valence-corrected chi connectivity index (χ1v) is 9.67. The van der Waals surface area contributed by atoms with Crippen molar-refractivity contribution in [2.75, 3.05) is 0 Å². The molecule has 2 nitrogen and oxygen atoms in total. The molecule has 120 valence electrons. The second-order valence-electron chi connectivity index (χ2n) is 6.81. The minimum Gasteiger partial charge on any atom is -0.245 e. The zero-order valence-corrected chi connectivity index (χ0v) is 15.5. The lowest BCUT2D eigenvalue weighted by molar-refractivity contribution is 0.592. The van der Waals surface area contributed by atoms with E-state index in [9.17, 15) is 0 Å². The molecular weight excluding hydrogens is 332 g/mol. The zero-order valence-electron chi connectivity index (χ0n) is 13.9. The van der Waals surface area contributed by atoms with Crippen LogP contribution in [0.2, 0.25) is 0 Å². The van der Waals surface area contributed by atoms with E-state index in [1.165, 1.54) is 27.5 Å². The molecule has 0 unspecified atom stereocenters. The molecule has 0 atom stereocenters. The highest BCUT2D eigenvalue weighted by Crippen LogP contribution is 2.41. The fraction of sp³-hybridized carbons (Fsp3) is 0.200. The molecule has 0 aliphatic carbocycles. The third kappa shape index (κ3) is 2.56. The van der Waals surface area contributed by atoms with Crippen molar-refractivity contribution in [1.82, 2.24) is 9.97 Å². The van der Waals surface area contributed by atoms with Gasteiger partial charge in [-0.05, 0) is 21.8 Å². The summed E-state index contributed by atoms with van der Waals surface area (Å²) in [7, 11) is 0. The first kappa shape index (κ1) is 15.5. The van der Waals surface area contributed by atoms with Gasteiger partial charge in [0, 0.05) is 34.3 Å².